The van der Waals surface area contributed by atoms with Crippen LogP contribution in [0.25, 0.3) is 0 Å². The maximum absolute atomic E-state index is 12.8. The van der Waals surface area contributed by atoms with E-state index in [2.05, 4.69) is 10.6 Å². The second kappa shape index (κ2) is 7.22. The number of hydrogen-bond acceptors (Lipinski definition) is 4. The monoisotopic (exact) mass is 384 g/mol. The van der Waals surface area contributed by atoms with Crippen molar-refractivity contribution in [3.8, 4) is 0 Å². The molecule has 0 unspecified atom stereocenters. The molecule has 0 saturated heterocycles. The van der Waals surface area contributed by atoms with Gasteiger partial charge >= 0.3 is 5.97 Å². The average molecular weight is 384 g/mol. The van der Waals surface area contributed by atoms with Crippen molar-refractivity contribution in [1.29, 1.82) is 0 Å². The van der Waals surface area contributed by atoms with Crippen LogP contribution in [0.1, 0.15) is 62.7 Å². The summed E-state index contributed by atoms with van der Waals surface area (Å²) in [5, 5.41) is 5.88. The molecule has 4 aliphatic rings. The van der Waals surface area contributed by atoms with Gasteiger partial charge in [0.25, 0.3) is 5.91 Å². The third-order valence-corrected chi connectivity index (χ3v) is 6.50. The summed E-state index contributed by atoms with van der Waals surface area (Å²) in [5.41, 5.74) is 0.728. The fourth-order valence-electron chi connectivity index (χ4n) is 5.84. The van der Waals surface area contributed by atoms with Crippen LogP contribution in [-0.2, 0) is 14.3 Å². The third-order valence-electron chi connectivity index (χ3n) is 6.50. The van der Waals surface area contributed by atoms with Crippen LogP contribution in [0.5, 0.6) is 0 Å². The number of nitrogens with one attached hydrogen (secondary N) is 2. The fourth-order valence-corrected chi connectivity index (χ4v) is 5.84. The van der Waals surface area contributed by atoms with Gasteiger partial charge in [0.15, 0.2) is 6.10 Å². The summed E-state index contributed by atoms with van der Waals surface area (Å²) >= 11 is 0. The molecule has 1 atom stereocenters. The molecule has 5 rings (SSSR count). The van der Waals surface area contributed by atoms with Crippen LogP contribution < -0.4 is 10.6 Å². The van der Waals surface area contributed by atoms with Crippen molar-refractivity contribution in [3.63, 3.8) is 0 Å². The minimum Gasteiger partial charge on any atom is -0.449 e. The maximum atomic E-state index is 12.8. The standard InChI is InChI=1S/C22H28N2O4/c1-13(28-21(27)18-4-3-5-19(9-18)23-14(2)25)20(26)24-22-10-15-6-16(11-22)8-17(7-15)12-22/h3-5,9,13,15-17H,6-8,10-12H2,1-2H3,(H,23,25)(H,24,26)/t13-,15?,16?,17?,22?/m0/s1. The summed E-state index contributed by atoms with van der Waals surface area (Å²) in [6, 6.07) is 6.52. The van der Waals surface area contributed by atoms with Crippen LogP contribution in [0.15, 0.2) is 24.3 Å². The number of carbonyl (C=O) groups excluding carboxylic acids is 3. The first-order chi connectivity index (χ1) is 13.3. The predicted octanol–water partition coefficient (Wildman–Crippen LogP) is 3.28. The Balaban J connectivity index is 1.37. The van der Waals surface area contributed by atoms with Crippen molar-refractivity contribution in [1.82, 2.24) is 5.32 Å². The Morgan fingerprint density at radius 2 is 1.68 bits per heavy atom. The number of anilines is 1. The van der Waals surface area contributed by atoms with Gasteiger partial charge in [-0.2, -0.15) is 0 Å². The van der Waals surface area contributed by atoms with E-state index < -0.39 is 12.1 Å². The molecule has 0 aromatic heterocycles. The second-order valence-corrected chi connectivity index (χ2v) is 9.00. The predicted molar refractivity (Wildman–Crippen MR) is 105 cm³/mol. The summed E-state index contributed by atoms with van der Waals surface area (Å²) in [6.45, 7) is 3.02. The number of ether oxygens (including phenoxy) is 1. The Hall–Kier alpha value is -2.37. The molecule has 4 aliphatic carbocycles. The van der Waals surface area contributed by atoms with Gasteiger partial charge in [0.2, 0.25) is 5.91 Å². The van der Waals surface area contributed by atoms with Crippen LogP contribution in [-0.4, -0.2) is 29.4 Å². The van der Waals surface area contributed by atoms with Crippen LogP contribution in [0.4, 0.5) is 5.69 Å². The number of carbonyl (C=O) groups is 3. The van der Waals surface area contributed by atoms with Gasteiger partial charge in [-0.3, -0.25) is 9.59 Å². The molecule has 1 aromatic carbocycles. The van der Waals surface area contributed by atoms with Crippen LogP contribution in [0.2, 0.25) is 0 Å². The first-order valence-electron chi connectivity index (χ1n) is 10.2. The molecule has 6 heteroatoms. The number of amides is 2. The van der Waals surface area contributed by atoms with E-state index in [4.69, 9.17) is 4.74 Å². The summed E-state index contributed by atoms with van der Waals surface area (Å²) in [5.74, 6) is 1.21. The van der Waals surface area contributed by atoms with Gasteiger partial charge in [0, 0.05) is 18.2 Å². The smallest absolute Gasteiger partial charge is 0.338 e. The van der Waals surface area contributed by atoms with Crippen molar-refractivity contribution in [2.24, 2.45) is 17.8 Å². The third kappa shape index (κ3) is 3.91. The number of benzene rings is 1. The zero-order valence-corrected chi connectivity index (χ0v) is 16.5. The number of rotatable bonds is 5. The summed E-state index contributed by atoms with van der Waals surface area (Å²) in [6.07, 6.45) is 6.25. The number of esters is 1. The zero-order valence-electron chi connectivity index (χ0n) is 16.5. The topological polar surface area (TPSA) is 84.5 Å². The maximum Gasteiger partial charge on any atom is 0.338 e. The van der Waals surface area contributed by atoms with E-state index in [0.717, 1.165) is 37.0 Å². The summed E-state index contributed by atoms with van der Waals surface area (Å²) in [4.78, 5) is 36.4. The molecular weight excluding hydrogens is 356 g/mol. The Morgan fingerprint density at radius 3 is 2.25 bits per heavy atom. The molecule has 4 fully saturated rings. The van der Waals surface area contributed by atoms with Gasteiger partial charge in [-0.15, -0.1) is 0 Å². The highest BCUT2D eigenvalue weighted by molar-refractivity contribution is 5.95. The van der Waals surface area contributed by atoms with Crippen LogP contribution in [0, 0.1) is 17.8 Å². The number of hydrogen-bond donors (Lipinski definition) is 2. The van der Waals surface area contributed by atoms with Gasteiger partial charge in [-0.25, -0.2) is 4.79 Å². The minimum atomic E-state index is -0.857. The Bertz CT molecular complexity index is 768. The molecule has 0 aliphatic heterocycles. The lowest BCUT2D eigenvalue weighted by Gasteiger charge is -2.57. The lowest BCUT2D eigenvalue weighted by atomic mass is 9.53. The molecule has 2 amide bonds. The first kappa shape index (κ1) is 19.0. The lowest BCUT2D eigenvalue weighted by Crippen LogP contribution is -2.61. The Labute approximate surface area is 165 Å². The van der Waals surface area contributed by atoms with Gasteiger partial charge < -0.3 is 15.4 Å². The van der Waals surface area contributed by atoms with E-state index in [-0.39, 0.29) is 17.4 Å². The van der Waals surface area contributed by atoms with Crippen LogP contribution >= 0.6 is 0 Å². The van der Waals surface area contributed by atoms with E-state index in [1.54, 1.807) is 31.2 Å². The molecule has 0 radical (unpaired) electrons. The minimum absolute atomic E-state index is 0.0994. The van der Waals surface area contributed by atoms with Crippen molar-refractivity contribution >= 4 is 23.5 Å². The van der Waals surface area contributed by atoms with E-state index in [9.17, 15) is 14.4 Å². The summed E-state index contributed by atoms with van der Waals surface area (Å²) < 4.78 is 5.41. The molecule has 0 spiro atoms. The fraction of sp³-hybridized carbons (Fsp3) is 0.591. The molecule has 0 heterocycles. The molecular formula is C22H28N2O4. The van der Waals surface area contributed by atoms with Gasteiger partial charge in [0.05, 0.1) is 5.56 Å². The van der Waals surface area contributed by atoms with Crippen molar-refractivity contribution < 1.29 is 19.1 Å². The van der Waals surface area contributed by atoms with Crippen molar-refractivity contribution in [2.75, 3.05) is 5.32 Å². The van der Waals surface area contributed by atoms with Crippen LogP contribution in [0.3, 0.4) is 0 Å². The first-order valence-corrected chi connectivity index (χ1v) is 10.2. The van der Waals surface area contributed by atoms with E-state index in [1.807, 2.05) is 0 Å². The lowest BCUT2D eigenvalue weighted by molar-refractivity contribution is -0.134. The molecule has 28 heavy (non-hydrogen) atoms. The molecule has 4 saturated carbocycles. The molecule has 6 nitrogen and oxygen atoms in total. The van der Waals surface area contributed by atoms with Crippen molar-refractivity contribution in [3.05, 3.63) is 29.8 Å². The Kier molecular flexibility index (Phi) is 4.89. The largest absolute Gasteiger partial charge is 0.449 e. The highest BCUT2D eigenvalue weighted by atomic mass is 16.5. The van der Waals surface area contributed by atoms with E-state index >= 15 is 0 Å². The van der Waals surface area contributed by atoms with E-state index in [0.29, 0.717) is 11.3 Å². The average Bonchev–Trinajstić information content (AvgIpc) is 2.59. The van der Waals surface area contributed by atoms with E-state index in [1.165, 1.54) is 26.2 Å². The van der Waals surface area contributed by atoms with Gasteiger partial charge in [-0.1, -0.05) is 6.07 Å². The second-order valence-electron chi connectivity index (χ2n) is 9.00. The molecule has 1 aromatic rings. The normalized spacial score (nSPS) is 31.1. The Morgan fingerprint density at radius 1 is 1.07 bits per heavy atom. The molecule has 150 valence electrons. The molecule has 2 N–H and O–H groups in total. The highest BCUT2D eigenvalue weighted by Gasteiger charge is 2.51. The highest BCUT2D eigenvalue weighted by Crippen LogP contribution is 2.55. The molecule has 4 bridgehead atoms. The van der Waals surface area contributed by atoms with Crippen molar-refractivity contribution in [2.45, 2.75) is 64.0 Å². The quantitative estimate of drug-likeness (QED) is 0.763. The van der Waals surface area contributed by atoms with Gasteiger partial charge in [-0.05, 0) is 81.4 Å². The SMILES string of the molecule is CC(=O)Nc1cccc(C(=O)O[C@@H](C)C(=O)NC23CC4CC(CC(C4)C2)C3)c1. The summed E-state index contributed by atoms with van der Waals surface area (Å²) in [7, 11) is 0. The zero-order chi connectivity index (χ0) is 19.9. The van der Waals surface area contributed by atoms with Gasteiger partial charge in [0.1, 0.15) is 0 Å².